The second-order valence-corrected chi connectivity index (χ2v) is 3.59. The first-order chi connectivity index (χ1) is 4.06. The Morgan fingerprint density at radius 1 is 1.33 bits per heavy atom. The van der Waals surface area contributed by atoms with Crippen molar-refractivity contribution in [2.45, 2.75) is 27.2 Å². The van der Waals surface area contributed by atoms with Crippen LogP contribution in [0.25, 0.3) is 0 Å². The fourth-order valence-electron chi connectivity index (χ4n) is 0.588. The zero-order chi connectivity index (χ0) is 7.33. The van der Waals surface area contributed by atoms with E-state index in [9.17, 15) is 0 Å². The zero-order valence-electron chi connectivity index (χ0n) is 6.83. The van der Waals surface area contributed by atoms with E-state index in [1.807, 2.05) is 0 Å². The lowest BCUT2D eigenvalue weighted by atomic mass is 9.97. The lowest BCUT2D eigenvalue weighted by Crippen LogP contribution is -2.27. The van der Waals surface area contributed by atoms with Crippen LogP contribution in [-0.4, -0.2) is 13.1 Å². The molecule has 0 amide bonds. The third kappa shape index (κ3) is 7.96. The van der Waals surface area contributed by atoms with Crippen molar-refractivity contribution in [3.05, 3.63) is 6.92 Å². The van der Waals surface area contributed by atoms with Gasteiger partial charge in [-0.25, -0.2) is 0 Å². The van der Waals surface area contributed by atoms with Crippen molar-refractivity contribution < 1.29 is 0 Å². The highest BCUT2D eigenvalue weighted by Crippen LogP contribution is 2.09. The van der Waals surface area contributed by atoms with E-state index in [1.54, 1.807) is 0 Å². The van der Waals surface area contributed by atoms with Crippen LogP contribution in [0.4, 0.5) is 0 Å². The number of hydrogen-bond acceptors (Lipinski definition) is 1. The van der Waals surface area contributed by atoms with Crippen LogP contribution in [-0.2, 0) is 0 Å². The van der Waals surface area contributed by atoms with Gasteiger partial charge in [0.05, 0.1) is 0 Å². The van der Waals surface area contributed by atoms with E-state index in [-0.39, 0.29) is 0 Å². The summed E-state index contributed by atoms with van der Waals surface area (Å²) >= 11 is 0. The maximum Gasteiger partial charge on any atom is -0.0000126 e. The molecular weight excluding hydrogens is 110 g/mol. The van der Waals surface area contributed by atoms with Gasteiger partial charge in [-0.3, -0.25) is 0 Å². The third-order valence-electron chi connectivity index (χ3n) is 1.01. The lowest BCUT2D eigenvalue weighted by molar-refractivity contribution is 0.382. The van der Waals surface area contributed by atoms with Crippen LogP contribution in [0, 0.1) is 12.3 Å². The number of hydrogen-bond donors (Lipinski definition) is 1. The van der Waals surface area contributed by atoms with Crippen molar-refractivity contribution >= 4 is 0 Å². The molecule has 0 aliphatic heterocycles. The van der Waals surface area contributed by atoms with E-state index in [2.05, 4.69) is 33.0 Å². The molecule has 1 heteroatoms. The average Bonchev–Trinajstić information content (AvgIpc) is 1.63. The van der Waals surface area contributed by atoms with E-state index < -0.39 is 0 Å². The summed E-state index contributed by atoms with van der Waals surface area (Å²) in [6, 6.07) is 0. The first-order valence-corrected chi connectivity index (χ1v) is 3.56. The maximum absolute atomic E-state index is 3.74. The molecule has 9 heavy (non-hydrogen) atoms. The topological polar surface area (TPSA) is 12.0 Å². The molecule has 1 nitrogen and oxygen atoms in total. The maximum atomic E-state index is 3.74. The second kappa shape index (κ2) is 3.89. The molecule has 0 aromatic carbocycles. The third-order valence-corrected chi connectivity index (χ3v) is 1.01. The van der Waals surface area contributed by atoms with E-state index in [1.165, 1.54) is 0 Å². The fourth-order valence-corrected chi connectivity index (χ4v) is 0.588. The van der Waals surface area contributed by atoms with Gasteiger partial charge >= 0.3 is 0 Å². The Balaban J connectivity index is 3.07. The summed E-state index contributed by atoms with van der Waals surface area (Å²) in [5.41, 5.74) is 0.412. The molecule has 55 valence electrons. The van der Waals surface area contributed by atoms with Crippen LogP contribution in [0.5, 0.6) is 0 Å². The predicted octanol–water partition coefficient (Wildman–Crippen LogP) is 1.85. The van der Waals surface area contributed by atoms with Crippen LogP contribution in [0.2, 0.25) is 0 Å². The van der Waals surface area contributed by atoms with Crippen LogP contribution in [0.3, 0.4) is 0 Å². The second-order valence-electron chi connectivity index (χ2n) is 3.59. The molecule has 1 radical (unpaired) electrons. The van der Waals surface area contributed by atoms with Crippen molar-refractivity contribution in [2.75, 3.05) is 13.1 Å². The summed E-state index contributed by atoms with van der Waals surface area (Å²) < 4.78 is 0. The minimum absolute atomic E-state index is 0.412. The summed E-state index contributed by atoms with van der Waals surface area (Å²) in [7, 11) is 0. The SMILES string of the molecule is [CH2]CCNCC(C)(C)C. The van der Waals surface area contributed by atoms with Gasteiger partial charge in [-0.2, -0.15) is 0 Å². The minimum Gasteiger partial charge on any atom is -0.316 e. The normalized spacial score (nSPS) is 12.0. The number of nitrogens with one attached hydrogen (secondary N) is 1. The van der Waals surface area contributed by atoms with Crippen molar-refractivity contribution in [2.24, 2.45) is 5.41 Å². The van der Waals surface area contributed by atoms with Crippen molar-refractivity contribution in [3.63, 3.8) is 0 Å². The molecule has 0 fully saturated rings. The molecule has 0 aliphatic rings. The standard InChI is InChI=1S/C8H18N/c1-5-6-9-7-8(2,3)4/h9H,1,5-7H2,2-4H3. The Kier molecular flexibility index (Phi) is 3.87. The molecule has 0 heterocycles. The Hall–Kier alpha value is -0.0400. The quantitative estimate of drug-likeness (QED) is 0.572. The molecule has 0 aromatic heterocycles. The number of rotatable bonds is 3. The van der Waals surface area contributed by atoms with Crippen molar-refractivity contribution in [1.82, 2.24) is 5.32 Å². The Labute approximate surface area is 58.8 Å². The molecule has 1 N–H and O–H groups in total. The van der Waals surface area contributed by atoms with Crippen molar-refractivity contribution in [1.29, 1.82) is 0 Å². The van der Waals surface area contributed by atoms with E-state index >= 15 is 0 Å². The molecule has 0 rings (SSSR count). The summed E-state index contributed by atoms with van der Waals surface area (Å²) in [6.07, 6.45) is 0.982. The smallest absolute Gasteiger partial charge is 0.0000126 e. The van der Waals surface area contributed by atoms with E-state index in [0.29, 0.717) is 5.41 Å². The molecule has 0 aromatic rings. The molecule has 0 aliphatic carbocycles. The van der Waals surface area contributed by atoms with Gasteiger partial charge in [0.25, 0.3) is 0 Å². The van der Waals surface area contributed by atoms with Crippen LogP contribution in [0.1, 0.15) is 27.2 Å². The van der Waals surface area contributed by atoms with Gasteiger partial charge < -0.3 is 5.32 Å². The lowest BCUT2D eigenvalue weighted by Gasteiger charge is -2.18. The first kappa shape index (κ1) is 8.96. The molecule has 0 atom stereocenters. The van der Waals surface area contributed by atoms with E-state index in [0.717, 1.165) is 19.5 Å². The highest BCUT2D eigenvalue weighted by molar-refractivity contribution is 4.64. The Morgan fingerprint density at radius 2 is 1.89 bits per heavy atom. The summed E-state index contributed by atoms with van der Waals surface area (Å²) in [5, 5.41) is 3.31. The molecular formula is C8H18N. The van der Waals surface area contributed by atoms with E-state index in [4.69, 9.17) is 0 Å². The highest BCUT2D eigenvalue weighted by Gasteiger charge is 2.07. The Morgan fingerprint density at radius 3 is 2.22 bits per heavy atom. The van der Waals surface area contributed by atoms with Crippen LogP contribution < -0.4 is 5.32 Å². The summed E-state index contributed by atoms with van der Waals surface area (Å²) in [4.78, 5) is 0. The molecule has 0 saturated heterocycles. The van der Waals surface area contributed by atoms with Gasteiger partial charge in [0.1, 0.15) is 0 Å². The monoisotopic (exact) mass is 128 g/mol. The zero-order valence-corrected chi connectivity index (χ0v) is 6.83. The van der Waals surface area contributed by atoms with Crippen LogP contribution >= 0.6 is 0 Å². The average molecular weight is 128 g/mol. The first-order valence-electron chi connectivity index (χ1n) is 3.56. The van der Waals surface area contributed by atoms with Crippen molar-refractivity contribution in [3.8, 4) is 0 Å². The fraction of sp³-hybridized carbons (Fsp3) is 0.875. The van der Waals surface area contributed by atoms with Gasteiger partial charge in [-0.05, 0) is 24.9 Å². The van der Waals surface area contributed by atoms with Gasteiger partial charge in [-0.15, -0.1) is 0 Å². The summed E-state index contributed by atoms with van der Waals surface area (Å²) in [6.45, 7) is 12.5. The van der Waals surface area contributed by atoms with Gasteiger partial charge in [0.15, 0.2) is 0 Å². The van der Waals surface area contributed by atoms with Crippen LogP contribution in [0.15, 0.2) is 0 Å². The molecule has 0 unspecified atom stereocenters. The summed E-state index contributed by atoms with van der Waals surface area (Å²) in [5.74, 6) is 0. The van der Waals surface area contributed by atoms with Gasteiger partial charge in [0.2, 0.25) is 0 Å². The molecule has 0 saturated carbocycles. The Bertz CT molecular complexity index is 61.5. The minimum atomic E-state index is 0.412. The molecule has 0 bridgehead atoms. The highest BCUT2D eigenvalue weighted by atomic mass is 14.9. The van der Waals surface area contributed by atoms with Gasteiger partial charge in [0, 0.05) is 0 Å². The molecule has 0 spiro atoms. The largest absolute Gasteiger partial charge is 0.316 e. The predicted molar refractivity (Wildman–Crippen MR) is 42.3 cm³/mol. The van der Waals surface area contributed by atoms with Gasteiger partial charge in [-0.1, -0.05) is 27.7 Å².